The first-order chi connectivity index (χ1) is 7.36. The third kappa shape index (κ3) is 3.65. The zero-order chi connectivity index (χ0) is 10.5. The zero-order valence-corrected chi connectivity index (χ0v) is 10.2. The maximum absolute atomic E-state index is 10.1. The molecule has 1 aliphatic heterocycles. The molecule has 1 heterocycles. The van der Waals surface area contributed by atoms with Crippen LogP contribution in [0.3, 0.4) is 0 Å². The summed E-state index contributed by atoms with van der Waals surface area (Å²) >= 11 is 1.99. The monoisotopic (exact) mass is 230 g/mol. The molecule has 0 radical (unpaired) electrons. The minimum atomic E-state index is -0.0977. The lowest BCUT2D eigenvalue weighted by atomic mass is 9.95. The van der Waals surface area contributed by atoms with Crippen molar-refractivity contribution in [2.45, 2.75) is 49.9 Å². The molecule has 1 atom stereocenters. The Labute approximate surface area is 96.8 Å². The quantitative estimate of drug-likeness (QED) is 0.804. The van der Waals surface area contributed by atoms with Crippen LogP contribution in [0.5, 0.6) is 0 Å². The summed E-state index contributed by atoms with van der Waals surface area (Å²) in [6.45, 7) is 1.69. The number of hydrogen-bond donors (Lipinski definition) is 1. The van der Waals surface area contributed by atoms with E-state index in [1.807, 2.05) is 11.8 Å². The number of ether oxygens (including phenoxy) is 1. The highest BCUT2D eigenvalue weighted by atomic mass is 32.2. The number of aliphatic hydroxyl groups excluding tert-OH is 1. The van der Waals surface area contributed by atoms with Gasteiger partial charge in [0.2, 0.25) is 0 Å². The van der Waals surface area contributed by atoms with Gasteiger partial charge < -0.3 is 9.84 Å². The molecule has 0 aromatic heterocycles. The van der Waals surface area contributed by atoms with Crippen LogP contribution in [0.4, 0.5) is 0 Å². The predicted molar refractivity (Wildman–Crippen MR) is 64.3 cm³/mol. The molecule has 15 heavy (non-hydrogen) atoms. The van der Waals surface area contributed by atoms with Crippen LogP contribution in [0.1, 0.15) is 38.5 Å². The van der Waals surface area contributed by atoms with E-state index >= 15 is 0 Å². The molecule has 0 bridgehead atoms. The van der Waals surface area contributed by atoms with Gasteiger partial charge in [0, 0.05) is 24.2 Å². The third-order valence-electron chi connectivity index (χ3n) is 3.61. The second-order valence-electron chi connectivity index (χ2n) is 4.76. The molecule has 1 aliphatic carbocycles. The number of hydrogen-bond acceptors (Lipinski definition) is 3. The van der Waals surface area contributed by atoms with E-state index in [2.05, 4.69) is 0 Å². The summed E-state index contributed by atoms with van der Waals surface area (Å²) in [6.07, 6.45) is 7.52. The summed E-state index contributed by atoms with van der Waals surface area (Å²) in [4.78, 5) is 0. The van der Waals surface area contributed by atoms with Crippen molar-refractivity contribution in [3.63, 3.8) is 0 Å². The summed E-state index contributed by atoms with van der Waals surface area (Å²) in [5, 5.41) is 10.9. The first kappa shape index (κ1) is 11.7. The van der Waals surface area contributed by atoms with Crippen molar-refractivity contribution in [3.8, 4) is 0 Å². The molecule has 0 spiro atoms. The molecule has 1 N–H and O–H groups in total. The van der Waals surface area contributed by atoms with Gasteiger partial charge >= 0.3 is 0 Å². The van der Waals surface area contributed by atoms with E-state index in [4.69, 9.17) is 4.74 Å². The Balaban J connectivity index is 1.64. The summed E-state index contributed by atoms with van der Waals surface area (Å²) < 4.78 is 5.31. The minimum absolute atomic E-state index is 0.0977. The van der Waals surface area contributed by atoms with Gasteiger partial charge in [-0.1, -0.05) is 12.8 Å². The lowest BCUT2D eigenvalue weighted by Gasteiger charge is -2.27. The van der Waals surface area contributed by atoms with Gasteiger partial charge in [-0.15, -0.1) is 0 Å². The minimum Gasteiger partial charge on any atom is -0.392 e. The van der Waals surface area contributed by atoms with Crippen LogP contribution in [0.25, 0.3) is 0 Å². The lowest BCUT2D eigenvalue weighted by molar-refractivity contribution is 0.0168. The Hall–Kier alpha value is 0.270. The van der Waals surface area contributed by atoms with Gasteiger partial charge in [-0.3, -0.25) is 0 Å². The van der Waals surface area contributed by atoms with Crippen molar-refractivity contribution >= 4 is 11.8 Å². The summed E-state index contributed by atoms with van der Waals surface area (Å²) in [5.41, 5.74) is 0. The van der Waals surface area contributed by atoms with Crippen LogP contribution in [0.15, 0.2) is 0 Å². The van der Waals surface area contributed by atoms with E-state index in [9.17, 15) is 5.11 Å². The maximum Gasteiger partial charge on any atom is 0.0660 e. The van der Waals surface area contributed by atoms with Crippen molar-refractivity contribution in [2.75, 3.05) is 19.0 Å². The Bertz CT molecular complexity index is 174. The predicted octanol–water partition coefficient (Wildman–Crippen LogP) is 2.45. The van der Waals surface area contributed by atoms with E-state index in [-0.39, 0.29) is 6.10 Å². The Morgan fingerprint density at radius 3 is 2.47 bits per heavy atom. The number of aliphatic hydroxyl groups is 1. The van der Waals surface area contributed by atoms with Gasteiger partial charge in [-0.05, 0) is 31.6 Å². The summed E-state index contributed by atoms with van der Waals surface area (Å²) in [7, 11) is 0. The molecule has 3 heteroatoms. The average molecular weight is 230 g/mol. The van der Waals surface area contributed by atoms with Gasteiger partial charge in [0.05, 0.1) is 6.10 Å². The van der Waals surface area contributed by atoms with Crippen LogP contribution in [0.2, 0.25) is 0 Å². The second kappa shape index (κ2) is 6.12. The molecule has 1 saturated heterocycles. The highest BCUT2D eigenvalue weighted by Gasteiger charge is 2.24. The first-order valence-electron chi connectivity index (χ1n) is 6.23. The Morgan fingerprint density at radius 1 is 1.13 bits per heavy atom. The molecule has 0 aromatic rings. The number of rotatable bonds is 4. The van der Waals surface area contributed by atoms with Crippen molar-refractivity contribution in [1.29, 1.82) is 0 Å². The Kier molecular flexibility index (Phi) is 4.79. The van der Waals surface area contributed by atoms with E-state index in [0.29, 0.717) is 5.92 Å². The van der Waals surface area contributed by atoms with E-state index in [0.717, 1.165) is 37.1 Å². The lowest BCUT2D eigenvalue weighted by Crippen LogP contribution is -2.29. The molecule has 2 fully saturated rings. The SMILES string of the molecule is OC(CSC1CCCC1)C1CCOCC1. The highest BCUT2D eigenvalue weighted by molar-refractivity contribution is 7.99. The van der Waals surface area contributed by atoms with Gasteiger partial charge in [-0.25, -0.2) is 0 Å². The van der Waals surface area contributed by atoms with Crippen molar-refractivity contribution in [2.24, 2.45) is 5.92 Å². The van der Waals surface area contributed by atoms with Crippen LogP contribution in [0, 0.1) is 5.92 Å². The van der Waals surface area contributed by atoms with E-state index < -0.39 is 0 Å². The van der Waals surface area contributed by atoms with E-state index in [1.165, 1.54) is 25.7 Å². The molecule has 2 aliphatic rings. The summed E-state index contributed by atoms with van der Waals surface area (Å²) in [6, 6.07) is 0. The molecule has 1 saturated carbocycles. The largest absolute Gasteiger partial charge is 0.392 e. The fourth-order valence-corrected chi connectivity index (χ4v) is 3.93. The molecule has 1 unspecified atom stereocenters. The molecular weight excluding hydrogens is 208 g/mol. The first-order valence-corrected chi connectivity index (χ1v) is 7.28. The second-order valence-corrected chi connectivity index (χ2v) is 6.09. The molecule has 2 nitrogen and oxygen atoms in total. The van der Waals surface area contributed by atoms with Gasteiger partial charge in [0.15, 0.2) is 0 Å². The van der Waals surface area contributed by atoms with E-state index in [1.54, 1.807) is 0 Å². The third-order valence-corrected chi connectivity index (χ3v) is 5.09. The van der Waals surface area contributed by atoms with Crippen LogP contribution < -0.4 is 0 Å². The molecule has 2 rings (SSSR count). The van der Waals surface area contributed by atoms with Gasteiger partial charge in [0.25, 0.3) is 0 Å². The molecule has 88 valence electrons. The zero-order valence-electron chi connectivity index (χ0n) is 9.36. The normalized spacial score (nSPS) is 27.0. The van der Waals surface area contributed by atoms with Crippen LogP contribution in [-0.4, -0.2) is 35.4 Å². The molecule has 0 amide bonds. The smallest absolute Gasteiger partial charge is 0.0660 e. The average Bonchev–Trinajstić information content (AvgIpc) is 2.80. The molecule has 0 aromatic carbocycles. The van der Waals surface area contributed by atoms with Crippen molar-refractivity contribution < 1.29 is 9.84 Å². The van der Waals surface area contributed by atoms with Gasteiger partial charge in [-0.2, -0.15) is 11.8 Å². The summed E-state index contributed by atoms with van der Waals surface area (Å²) in [5.74, 6) is 1.43. The van der Waals surface area contributed by atoms with Crippen LogP contribution in [-0.2, 0) is 4.74 Å². The highest BCUT2D eigenvalue weighted by Crippen LogP contribution is 2.31. The fourth-order valence-electron chi connectivity index (χ4n) is 2.53. The van der Waals surface area contributed by atoms with Gasteiger partial charge in [0.1, 0.15) is 0 Å². The number of thioether (sulfide) groups is 1. The fraction of sp³-hybridized carbons (Fsp3) is 1.00. The standard InChI is InChI=1S/C12H22O2S/c13-12(10-5-7-14-8-6-10)9-15-11-3-1-2-4-11/h10-13H,1-9H2. The van der Waals surface area contributed by atoms with Crippen molar-refractivity contribution in [3.05, 3.63) is 0 Å². The molecular formula is C12H22O2S. The van der Waals surface area contributed by atoms with Crippen molar-refractivity contribution in [1.82, 2.24) is 0 Å². The Morgan fingerprint density at radius 2 is 1.80 bits per heavy atom. The van der Waals surface area contributed by atoms with Crippen LogP contribution >= 0.6 is 11.8 Å². The maximum atomic E-state index is 10.1. The topological polar surface area (TPSA) is 29.5 Å².